The minimum Gasteiger partial charge on any atom is -0.462 e. The van der Waals surface area contributed by atoms with Crippen molar-refractivity contribution in [3.63, 3.8) is 0 Å². The minimum absolute atomic E-state index is 0.0531. The second-order valence-electron chi connectivity index (χ2n) is 9.61. The van der Waals surface area contributed by atoms with Crippen LogP contribution >= 0.6 is 0 Å². The molecule has 0 saturated heterocycles. The van der Waals surface area contributed by atoms with Gasteiger partial charge in [-0.05, 0) is 93.6 Å². The highest BCUT2D eigenvalue weighted by Gasteiger charge is 2.30. The Bertz CT molecular complexity index is 785. The maximum atomic E-state index is 12.7. The average Bonchev–Trinajstić information content (AvgIpc) is 2.83. The molecule has 0 spiro atoms. The number of hydrogen-bond donors (Lipinski definition) is 0. The Balaban J connectivity index is 1.33. The summed E-state index contributed by atoms with van der Waals surface area (Å²) in [6, 6.07) is 11.2. The van der Waals surface area contributed by atoms with Crippen molar-refractivity contribution >= 4 is 5.97 Å². The summed E-state index contributed by atoms with van der Waals surface area (Å²) < 4.78 is 5.95. The van der Waals surface area contributed by atoms with Crippen LogP contribution in [0.15, 0.2) is 48.6 Å². The van der Waals surface area contributed by atoms with E-state index in [4.69, 9.17) is 10.00 Å². The summed E-state index contributed by atoms with van der Waals surface area (Å²) in [4.78, 5) is 12.7. The number of ether oxygens (including phenoxy) is 1. The van der Waals surface area contributed by atoms with Crippen molar-refractivity contribution in [1.29, 1.82) is 5.26 Å². The number of carbonyl (C=O) groups excluding carboxylic acids is 1. The van der Waals surface area contributed by atoms with Gasteiger partial charge in [0.2, 0.25) is 0 Å². The topological polar surface area (TPSA) is 50.1 Å². The second-order valence-corrected chi connectivity index (χ2v) is 9.61. The molecule has 3 heteroatoms. The summed E-state index contributed by atoms with van der Waals surface area (Å²) in [5, 5.41) is 8.47. The molecule has 0 radical (unpaired) electrons. The molecule has 172 valence electrons. The summed E-state index contributed by atoms with van der Waals surface area (Å²) in [6.07, 6.45) is 20.4. The van der Waals surface area contributed by atoms with E-state index in [0.717, 1.165) is 64.2 Å². The number of nitrogens with zero attached hydrogens (tertiary/aromatic N) is 1. The van der Waals surface area contributed by atoms with Gasteiger partial charge < -0.3 is 4.74 Å². The van der Waals surface area contributed by atoms with Crippen molar-refractivity contribution in [3.8, 4) is 6.07 Å². The van der Waals surface area contributed by atoms with Gasteiger partial charge in [-0.2, -0.15) is 5.26 Å². The summed E-state index contributed by atoms with van der Waals surface area (Å²) in [5.41, 5.74) is 2.88. The largest absolute Gasteiger partial charge is 0.462 e. The van der Waals surface area contributed by atoms with Crippen LogP contribution < -0.4 is 0 Å². The lowest BCUT2D eigenvalue weighted by Crippen LogP contribution is -2.29. The van der Waals surface area contributed by atoms with E-state index >= 15 is 0 Å². The third-order valence-corrected chi connectivity index (χ3v) is 7.29. The van der Waals surface area contributed by atoms with Gasteiger partial charge in [0.1, 0.15) is 6.10 Å². The maximum absolute atomic E-state index is 12.7. The fourth-order valence-corrected chi connectivity index (χ4v) is 5.31. The summed E-state index contributed by atoms with van der Waals surface area (Å²) in [6.45, 7) is 2.22. The number of hydrogen-bond acceptors (Lipinski definition) is 3. The molecule has 0 amide bonds. The first kappa shape index (κ1) is 24.3. The first-order valence-corrected chi connectivity index (χ1v) is 12.7. The van der Waals surface area contributed by atoms with Crippen LogP contribution in [0, 0.1) is 23.2 Å². The Morgan fingerprint density at radius 1 is 1.03 bits per heavy atom. The van der Waals surface area contributed by atoms with Gasteiger partial charge >= 0.3 is 5.97 Å². The van der Waals surface area contributed by atoms with Crippen molar-refractivity contribution in [2.75, 3.05) is 0 Å². The standard InChI is InChI=1S/C29H39NO2/c1-2-8-23-10-14-25(15-11-23)26-18-20-28(21-19-26)32-29(31)27-16-12-24(13-17-27)9-6-4-3-5-7-22-30/h3-5,7,10-11,14-15,24,26-28H,2,6,8-9,12-13,16-21H2,1H3. The van der Waals surface area contributed by atoms with E-state index in [1.54, 1.807) is 6.08 Å². The van der Waals surface area contributed by atoms with Crippen LogP contribution in [0.3, 0.4) is 0 Å². The molecule has 0 heterocycles. The van der Waals surface area contributed by atoms with Crippen LogP contribution in [0.1, 0.15) is 94.6 Å². The molecule has 0 atom stereocenters. The maximum Gasteiger partial charge on any atom is 0.309 e. The molecule has 0 unspecified atom stereocenters. The molecule has 1 aromatic rings. The van der Waals surface area contributed by atoms with Crippen LogP contribution in [-0.2, 0) is 16.0 Å². The summed E-state index contributed by atoms with van der Waals surface area (Å²) in [7, 11) is 0. The molecular weight excluding hydrogens is 394 g/mol. The van der Waals surface area contributed by atoms with Gasteiger partial charge in [0.15, 0.2) is 0 Å². The highest BCUT2D eigenvalue weighted by molar-refractivity contribution is 5.72. The number of esters is 1. The first-order valence-electron chi connectivity index (χ1n) is 12.7. The molecule has 2 saturated carbocycles. The normalized spacial score (nSPS) is 26.2. The number of allylic oxidation sites excluding steroid dienone is 4. The fourth-order valence-electron chi connectivity index (χ4n) is 5.31. The Hall–Kier alpha value is -2.34. The summed E-state index contributed by atoms with van der Waals surface area (Å²) >= 11 is 0. The van der Waals surface area contributed by atoms with Gasteiger partial charge in [0.05, 0.1) is 12.0 Å². The molecule has 0 aliphatic heterocycles. The van der Waals surface area contributed by atoms with Crippen molar-refractivity contribution in [2.24, 2.45) is 11.8 Å². The zero-order chi connectivity index (χ0) is 22.6. The summed E-state index contributed by atoms with van der Waals surface area (Å²) in [5.74, 6) is 1.48. The molecule has 3 nitrogen and oxygen atoms in total. The van der Waals surface area contributed by atoms with Crippen LogP contribution in [0.2, 0.25) is 0 Å². The van der Waals surface area contributed by atoms with Gasteiger partial charge in [0.25, 0.3) is 0 Å². The lowest BCUT2D eigenvalue weighted by Gasteiger charge is -2.31. The zero-order valence-electron chi connectivity index (χ0n) is 19.7. The van der Waals surface area contributed by atoms with Crippen LogP contribution in [0.4, 0.5) is 0 Å². The lowest BCUT2D eigenvalue weighted by atomic mass is 9.79. The number of rotatable bonds is 9. The number of nitriles is 1. The van der Waals surface area contributed by atoms with Crippen LogP contribution in [0.25, 0.3) is 0 Å². The number of aryl methyl sites for hydroxylation is 1. The quantitative estimate of drug-likeness (QED) is 0.231. The number of benzene rings is 1. The van der Waals surface area contributed by atoms with Crippen molar-refractivity contribution in [3.05, 3.63) is 59.7 Å². The molecular formula is C29H39NO2. The van der Waals surface area contributed by atoms with E-state index in [-0.39, 0.29) is 18.0 Å². The van der Waals surface area contributed by atoms with Gasteiger partial charge in [-0.15, -0.1) is 0 Å². The van der Waals surface area contributed by atoms with Crippen molar-refractivity contribution in [2.45, 2.75) is 96.0 Å². The molecule has 0 aromatic heterocycles. The average molecular weight is 434 g/mol. The fraction of sp³-hybridized carbons (Fsp3) is 0.586. The minimum atomic E-state index is 0.0531. The molecule has 1 aromatic carbocycles. The molecule has 0 bridgehead atoms. The van der Waals surface area contributed by atoms with Crippen LogP contribution in [-0.4, -0.2) is 12.1 Å². The van der Waals surface area contributed by atoms with Crippen LogP contribution in [0.5, 0.6) is 0 Å². The van der Waals surface area contributed by atoms with E-state index < -0.39 is 0 Å². The van der Waals surface area contributed by atoms with Gasteiger partial charge in [0, 0.05) is 6.08 Å². The van der Waals surface area contributed by atoms with Crippen molar-refractivity contribution < 1.29 is 9.53 Å². The zero-order valence-corrected chi connectivity index (χ0v) is 19.7. The number of carbonyl (C=O) groups is 1. The predicted molar refractivity (Wildman–Crippen MR) is 130 cm³/mol. The molecule has 3 rings (SSSR count). The third-order valence-electron chi connectivity index (χ3n) is 7.29. The molecule has 32 heavy (non-hydrogen) atoms. The Kier molecular flexibility index (Phi) is 10.1. The van der Waals surface area contributed by atoms with Gasteiger partial charge in [-0.3, -0.25) is 4.79 Å². The third kappa shape index (κ3) is 7.66. The SMILES string of the molecule is CCCc1ccc(C2CCC(OC(=O)C3CCC(CCC=CC=CC#N)CC3)CC2)cc1. The molecule has 2 fully saturated rings. The smallest absolute Gasteiger partial charge is 0.309 e. The highest BCUT2D eigenvalue weighted by atomic mass is 16.5. The lowest BCUT2D eigenvalue weighted by molar-refractivity contribution is -0.157. The Labute approximate surface area is 194 Å². The van der Waals surface area contributed by atoms with Crippen molar-refractivity contribution in [1.82, 2.24) is 0 Å². The van der Waals surface area contributed by atoms with E-state index in [2.05, 4.69) is 37.3 Å². The van der Waals surface area contributed by atoms with E-state index in [0.29, 0.717) is 11.8 Å². The van der Waals surface area contributed by atoms with Gasteiger partial charge in [-0.25, -0.2) is 0 Å². The Morgan fingerprint density at radius 2 is 1.75 bits per heavy atom. The second kappa shape index (κ2) is 13.3. The Morgan fingerprint density at radius 3 is 2.41 bits per heavy atom. The predicted octanol–water partition coefficient (Wildman–Crippen LogP) is 7.43. The first-order chi connectivity index (χ1) is 15.7. The molecule has 0 N–H and O–H groups in total. The molecule has 2 aliphatic carbocycles. The van der Waals surface area contributed by atoms with E-state index in [1.165, 1.54) is 30.0 Å². The van der Waals surface area contributed by atoms with Gasteiger partial charge in [-0.1, -0.05) is 55.8 Å². The highest BCUT2D eigenvalue weighted by Crippen LogP contribution is 2.36. The van der Waals surface area contributed by atoms with E-state index in [1.807, 2.05) is 12.1 Å². The molecule has 2 aliphatic rings. The monoisotopic (exact) mass is 433 g/mol. The van der Waals surface area contributed by atoms with E-state index in [9.17, 15) is 4.79 Å².